The fraction of sp³-hybridized carbons (Fsp3) is 0.125. The van der Waals surface area contributed by atoms with Gasteiger partial charge in [-0.2, -0.15) is 4.98 Å². The van der Waals surface area contributed by atoms with Gasteiger partial charge in [0, 0.05) is 47.9 Å². The maximum atomic E-state index is 13.2. The van der Waals surface area contributed by atoms with Gasteiger partial charge in [0.1, 0.15) is 17.1 Å². The van der Waals surface area contributed by atoms with Crippen LogP contribution in [0.15, 0.2) is 65.7 Å². The van der Waals surface area contributed by atoms with E-state index >= 15 is 0 Å². The van der Waals surface area contributed by atoms with Gasteiger partial charge in [-0.25, -0.2) is 4.98 Å². The molecule has 4 aromatic heterocycles. The van der Waals surface area contributed by atoms with Crippen molar-refractivity contribution in [1.82, 2.24) is 24.5 Å². The molecule has 0 radical (unpaired) electrons. The van der Waals surface area contributed by atoms with Gasteiger partial charge >= 0.3 is 0 Å². The second kappa shape index (κ2) is 8.19. The number of methoxy groups -OCH3 is 1. The summed E-state index contributed by atoms with van der Waals surface area (Å²) in [5.41, 5.74) is 5.03. The van der Waals surface area contributed by atoms with E-state index in [0.29, 0.717) is 34.5 Å². The van der Waals surface area contributed by atoms with E-state index in [4.69, 9.17) is 9.26 Å². The Balaban J connectivity index is 1.49. The highest BCUT2D eigenvalue weighted by Crippen LogP contribution is 2.29. The first kappa shape index (κ1) is 20.4. The summed E-state index contributed by atoms with van der Waals surface area (Å²) in [5, 5.41) is 6.93. The Morgan fingerprint density at radius 1 is 1.09 bits per heavy atom. The zero-order chi connectivity index (χ0) is 22.9. The summed E-state index contributed by atoms with van der Waals surface area (Å²) in [6.07, 6.45) is 6.80. The van der Waals surface area contributed by atoms with Crippen LogP contribution < -0.4 is 10.1 Å². The highest BCUT2D eigenvalue weighted by molar-refractivity contribution is 6.04. The molecule has 4 heterocycles. The van der Waals surface area contributed by atoms with Crippen molar-refractivity contribution in [2.24, 2.45) is 0 Å². The average Bonchev–Trinajstić information content (AvgIpc) is 3.46. The number of carbonyl (C=O) groups excluding carboxylic acids is 1. The molecule has 0 fully saturated rings. The molecule has 1 amide bonds. The lowest BCUT2D eigenvalue weighted by Crippen LogP contribution is -2.15. The van der Waals surface area contributed by atoms with E-state index in [-0.39, 0.29) is 5.91 Å². The van der Waals surface area contributed by atoms with Crippen LogP contribution in [0.2, 0.25) is 0 Å². The van der Waals surface area contributed by atoms with Crippen LogP contribution in [0.4, 0.5) is 5.69 Å². The van der Waals surface area contributed by atoms with E-state index in [2.05, 4.69) is 25.4 Å². The van der Waals surface area contributed by atoms with Crippen molar-refractivity contribution >= 4 is 17.2 Å². The van der Waals surface area contributed by atoms with Gasteiger partial charge in [0.05, 0.1) is 13.3 Å². The third-order valence-electron chi connectivity index (χ3n) is 5.32. The summed E-state index contributed by atoms with van der Waals surface area (Å²) < 4.78 is 12.3. The van der Waals surface area contributed by atoms with E-state index in [0.717, 1.165) is 22.3 Å². The van der Waals surface area contributed by atoms with Crippen molar-refractivity contribution in [3.63, 3.8) is 0 Å². The molecule has 5 rings (SSSR count). The van der Waals surface area contributed by atoms with Crippen LogP contribution >= 0.6 is 0 Å². The van der Waals surface area contributed by atoms with Gasteiger partial charge in [-0.3, -0.25) is 14.2 Å². The number of anilines is 1. The highest BCUT2D eigenvalue weighted by Gasteiger charge is 2.16. The Morgan fingerprint density at radius 3 is 2.73 bits per heavy atom. The number of hydrogen-bond donors (Lipinski definition) is 1. The minimum Gasteiger partial charge on any atom is -0.496 e. The first-order chi connectivity index (χ1) is 16.0. The predicted octanol–water partition coefficient (Wildman–Crippen LogP) is 4.32. The lowest BCUT2D eigenvalue weighted by atomic mass is 10.1. The Hall–Kier alpha value is -4.53. The van der Waals surface area contributed by atoms with Crippen molar-refractivity contribution in [2.75, 3.05) is 12.4 Å². The average molecular weight is 440 g/mol. The highest BCUT2D eigenvalue weighted by atomic mass is 16.5. The van der Waals surface area contributed by atoms with E-state index in [9.17, 15) is 4.79 Å². The lowest BCUT2D eigenvalue weighted by molar-refractivity contribution is 0.102. The number of imidazole rings is 1. The van der Waals surface area contributed by atoms with Crippen LogP contribution in [0.5, 0.6) is 5.75 Å². The zero-order valence-corrected chi connectivity index (χ0v) is 18.2. The molecule has 9 heteroatoms. The number of nitrogens with one attached hydrogen (secondary N) is 1. The molecule has 0 aliphatic rings. The van der Waals surface area contributed by atoms with Gasteiger partial charge in [-0.15, -0.1) is 0 Å². The van der Waals surface area contributed by atoms with E-state index in [1.165, 1.54) is 0 Å². The minimum atomic E-state index is -0.289. The molecule has 0 aliphatic heterocycles. The topological polar surface area (TPSA) is 107 Å². The fourth-order valence-electron chi connectivity index (χ4n) is 3.58. The maximum Gasteiger partial charge on any atom is 0.274 e. The number of rotatable bonds is 5. The molecule has 33 heavy (non-hydrogen) atoms. The van der Waals surface area contributed by atoms with Gasteiger partial charge in [-0.1, -0.05) is 17.3 Å². The van der Waals surface area contributed by atoms with Crippen LogP contribution in [0.3, 0.4) is 0 Å². The summed E-state index contributed by atoms with van der Waals surface area (Å²) in [4.78, 5) is 26.0. The predicted molar refractivity (Wildman–Crippen MR) is 122 cm³/mol. The number of carbonyl (C=O) groups is 1. The van der Waals surface area contributed by atoms with E-state index in [1.807, 2.05) is 43.5 Å². The van der Waals surface area contributed by atoms with Crippen molar-refractivity contribution in [2.45, 2.75) is 13.8 Å². The lowest BCUT2D eigenvalue weighted by Gasteiger charge is -2.11. The van der Waals surface area contributed by atoms with Crippen LogP contribution in [-0.4, -0.2) is 37.5 Å². The third-order valence-corrected chi connectivity index (χ3v) is 5.32. The Kier molecular flexibility index (Phi) is 5.06. The number of fused-ring (bicyclic) bond motifs is 1. The molecule has 5 aromatic rings. The summed E-state index contributed by atoms with van der Waals surface area (Å²) in [5.74, 6) is 1.35. The quantitative estimate of drug-likeness (QED) is 0.433. The van der Waals surface area contributed by atoms with Gasteiger partial charge in [-0.05, 0) is 36.8 Å². The third kappa shape index (κ3) is 3.80. The van der Waals surface area contributed by atoms with Crippen LogP contribution in [0, 0.1) is 13.8 Å². The fourth-order valence-corrected chi connectivity index (χ4v) is 3.58. The molecule has 0 saturated carbocycles. The number of aryl methyl sites for hydroxylation is 2. The Labute approximate surface area is 189 Å². The summed E-state index contributed by atoms with van der Waals surface area (Å²) in [7, 11) is 1.61. The number of nitrogens with zero attached hydrogens (tertiary/aromatic N) is 5. The molecule has 0 saturated heterocycles. The minimum absolute atomic E-state index is 0.289. The first-order valence-electron chi connectivity index (χ1n) is 10.2. The molecule has 1 aromatic carbocycles. The molecular formula is C24H20N6O3. The van der Waals surface area contributed by atoms with Gasteiger partial charge in [0.2, 0.25) is 11.7 Å². The SMILES string of the molecule is COc1ccncc1-c1ccc2ncc(C(=O)Nc3cc(-c4noc(C)n4)ccc3C)n2c1. The largest absolute Gasteiger partial charge is 0.496 e. The second-order valence-corrected chi connectivity index (χ2v) is 7.49. The van der Waals surface area contributed by atoms with E-state index < -0.39 is 0 Å². The maximum absolute atomic E-state index is 13.2. The molecule has 0 bridgehead atoms. The van der Waals surface area contributed by atoms with Crippen molar-refractivity contribution < 1.29 is 14.1 Å². The van der Waals surface area contributed by atoms with Gasteiger partial charge in [0.25, 0.3) is 5.91 Å². The standard InChI is InChI=1S/C24H20N6O3/c1-14-4-5-16(23-27-15(2)33-29-23)10-19(14)28-24(31)20-12-26-22-7-6-17(13-30(20)22)18-11-25-9-8-21(18)32-3/h4-13H,1-3H3,(H,28,31). The normalized spacial score (nSPS) is 11.0. The number of ether oxygens (including phenoxy) is 1. The molecule has 0 aliphatic carbocycles. The Bertz CT molecular complexity index is 1490. The summed E-state index contributed by atoms with van der Waals surface area (Å²) in [6, 6.07) is 11.2. The van der Waals surface area contributed by atoms with Crippen molar-refractivity contribution in [3.05, 3.63) is 78.3 Å². The molecule has 9 nitrogen and oxygen atoms in total. The monoisotopic (exact) mass is 440 g/mol. The molecule has 0 spiro atoms. The van der Waals surface area contributed by atoms with Crippen molar-refractivity contribution in [3.8, 4) is 28.3 Å². The molecular weight excluding hydrogens is 420 g/mol. The Morgan fingerprint density at radius 2 is 1.94 bits per heavy atom. The second-order valence-electron chi connectivity index (χ2n) is 7.49. The van der Waals surface area contributed by atoms with Crippen molar-refractivity contribution in [1.29, 1.82) is 0 Å². The zero-order valence-electron chi connectivity index (χ0n) is 18.2. The number of amides is 1. The van der Waals surface area contributed by atoms with E-state index in [1.54, 1.807) is 43.1 Å². The van der Waals surface area contributed by atoms with Gasteiger partial charge in [0.15, 0.2) is 0 Å². The molecule has 1 N–H and O–H groups in total. The first-order valence-corrected chi connectivity index (χ1v) is 10.2. The number of benzene rings is 1. The van der Waals surface area contributed by atoms with Crippen LogP contribution in [0.1, 0.15) is 21.9 Å². The molecule has 0 unspecified atom stereocenters. The van der Waals surface area contributed by atoms with Crippen LogP contribution in [0.25, 0.3) is 28.2 Å². The smallest absolute Gasteiger partial charge is 0.274 e. The summed E-state index contributed by atoms with van der Waals surface area (Å²) in [6.45, 7) is 3.65. The molecule has 0 atom stereocenters. The molecule has 164 valence electrons. The van der Waals surface area contributed by atoms with Gasteiger partial charge < -0.3 is 14.6 Å². The number of hydrogen-bond acceptors (Lipinski definition) is 7. The summed E-state index contributed by atoms with van der Waals surface area (Å²) >= 11 is 0. The van der Waals surface area contributed by atoms with Crippen LogP contribution in [-0.2, 0) is 0 Å². The number of pyridine rings is 2. The number of aromatic nitrogens is 5.